The van der Waals surface area contributed by atoms with Crippen LogP contribution in [-0.2, 0) is 0 Å². The van der Waals surface area contributed by atoms with Crippen LogP contribution in [0.5, 0.6) is 0 Å². The molecule has 0 unspecified atom stereocenters. The summed E-state index contributed by atoms with van der Waals surface area (Å²) in [5, 5.41) is 0. The van der Waals surface area contributed by atoms with Gasteiger partial charge in [0, 0.05) is 9.79 Å². The van der Waals surface area contributed by atoms with Crippen molar-refractivity contribution in [2.45, 2.75) is 33.4 Å². The molecular formula is C14H12F10S3. The summed E-state index contributed by atoms with van der Waals surface area (Å²) < 4.78 is 128. The molecule has 0 aliphatic carbocycles. The topological polar surface area (TPSA) is 0 Å². The van der Waals surface area contributed by atoms with Crippen molar-refractivity contribution in [2.24, 2.45) is 0 Å². The zero-order valence-corrected chi connectivity index (χ0v) is 15.9. The molecule has 0 aromatic heterocycles. The average molecular weight is 466 g/mol. The maximum Gasteiger partial charge on any atom is 0.310 e. The minimum Gasteiger partial charge on any atom is -0.0936 e. The van der Waals surface area contributed by atoms with Crippen molar-refractivity contribution in [1.82, 2.24) is 0 Å². The van der Waals surface area contributed by atoms with E-state index in [1.807, 2.05) is 0 Å². The molecule has 0 heterocycles. The number of rotatable bonds is 4. The Morgan fingerprint density at radius 3 is 1.07 bits per heavy atom. The van der Waals surface area contributed by atoms with Crippen LogP contribution in [0, 0.1) is 13.8 Å². The number of aryl methyl sites for hydroxylation is 2. The first-order valence-electron chi connectivity index (χ1n) is 6.84. The van der Waals surface area contributed by atoms with Crippen molar-refractivity contribution in [3.05, 3.63) is 47.5 Å². The molecule has 0 amide bonds. The smallest absolute Gasteiger partial charge is 0.0936 e. The summed E-state index contributed by atoms with van der Waals surface area (Å²) in [5.41, 5.74) is -0.385. The Kier molecular flexibility index (Phi) is 3.97. The molecule has 2 rings (SSSR count). The molecule has 0 radical (unpaired) electrons. The first kappa shape index (κ1) is 22.1. The Morgan fingerprint density at radius 1 is 0.556 bits per heavy atom. The molecule has 2 aromatic carbocycles. The molecule has 0 atom stereocenters. The van der Waals surface area contributed by atoms with Gasteiger partial charge in [-0.2, -0.15) is 0 Å². The SMILES string of the molecule is Cc1cc(S(F)(F)(F)(F)F)ccc1Sc1ccc(S(F)(F)(F)(F)F)cc1C. The van der Waals surface area contributed by atoms with Crippen LogP contribution in [0.15, 0.2) is 56.0 Å². The normalized spacial score (nSPS) is 18.2. The summed E-state index contributed by atoms with van der Waals surface area (Å²) >= 11 is 0.677. The predicted molar refractivity (Wildman–Crippen MR) is 89.3 cm³/mol. The van der Waals surface area contributed by atoms with Gasteiger partial charge in [-0.3, -0.25) is 0 Å². The van der Waals surface area contributed by atoms with Crippen molar-refractivity contribution in [1.29, 1.82) is 0 Å². The van der Waals surface area contributed by atoms with E-state index in [9.17, 15) is 38.9 Å². The van der Waals surface area contributed by atoms with Crippen LogP contribution < -0.4 is 0 Å². The number of hydrogen-bond acceptors (Lipinski definition) is 1. The Labute approximate surface area is 152 Å². The molecule has 0 saturated heterocycles. The van der Waals surface area contributed by atoms with Crippen LogP contribution in [-0.4, -0.2) is 0 Å². The molecule has 0 spiro atoms. The minimum absolute atomic E-state index is 0.0591. The first-order valence-corrected chi connectivity index (χ1v) is 11.6. The van der Waals surface area contributed by atoms with Crippen LogP contribution >= 0.6 is 32.2 Å². The van der Waals surface area contributed by atoms with E-state index < -0.39 is 30.2 Å². The molecular weight excluding hydrogens is 454 g/mol. The van der Waals surface area contributed by atoms with Gasteiger partial charge >= 0.3 is 20.4 Å². The molecule has 156 valence electrons. The maximum absolute atomic E-state index is 12.8. The third-order valence-electron chi connectivity index (χ3n) is 3.40. The third kappa shape index (κ3) is 5.41. The fourth-order valence-electron chi connectivity index (χ4n) is 2.07. The van der Waals surface area contributed by atoms with E-state index in [0.717, 1.165) is 26.0 Å². The van der Waals surface area contributed by atoms with Crippen LogP contribution in [0.1, 0.15) is 11.1 Å². The first-order chi connectivity index (χ1) is 11.5. The van der Waals surface area contributed by atoms with E-state index in [-0.39, 0.29) is 45.2 Å². The summed E-state index contributed by atoms with van der Waals surface area (Å²) in [7, 11) is -19.7. The van der Waals surface area contributed by atoms with Gasteiger partial charge < -0.3 is 0 Å². The average Bonchev–Trinajstić information content (AvgIpc) is 2.37. The summed E-state index contributed by atoms with van der Waals surface area (Å²) in [6.07, 6.45) is 0. The van der Waals surface area contributed by atoms with Crippen molar-refractivity contribution < 1.29 is 38.9 Å². The van der Waals surface area contributed by atoms with Gasteiger partial charge in [0.05, 0.1) is 0 Å². The predicted octanol–water partition coefficient (Wildman–Crippen LogP) is 9.77. The lowest BCUT2D eigenvalue weighted by molar-refractivity contribution is 0.360. The van der Waals surface area contributed by atoms with Gasteiger partial charge in [0.15, 0.2) is 0 Å². The highest BCUT2D eigenvalue weighted by atomic mass is 32.5. The fraction of sp³-hybridized carbons (Fsp3) is 0.143. The second kappa shape index (κ2) is 4.85. The molecule has 0 N–H and O–H groups in total. The van der Waals surface area contributed by atoms with Crippen LogP contribution in [0.25, 0.3) is 0 Å². The lowest BCUT2D eigenvalue weighted by Crippen LogP contribution is -2.06. The minimum atomic E-state index is -9.86. The third-order valence-corrected chi connectivity index (χ3v) is 7.05. The quantitative estimate of drug-likeness (QED) is 0.404. The van der Waals surface area contributed by atoms with Crippen molar-refractivity contribution in [3.63, 3.8) is 0 Å². The largest absolute Gasteiger partial charge is 0.310 e. The van der Waals surface area contributed by atoms with Gasteiger partial charge in [0.2, 0.25) is 0 Å². The van der Waals surface area contributed by atoms with Crippen LogP contribution in [0.2, 0.25) is 0 Å². The van der Waals surface area contributed by atoms with E-state index in [1.54, 1.807) is 0 Å². The summed E-state index contributed by atoms with van der Waals surface area (Å²) in [5.74, 6) is 0. The number of halogens is 10. The van der Waals surface area contributed by atoms with Gasteiger partial charge in [-0.1, -0.05) is 50.6 Å². The molecule has 13 heteroatoms. The van der Waals surface area contributed by atoms with Crippen LogP contribution in [0.3, 0.4) is 0 Å². The Hall–Kier alpha value is -1.21. The van der Waals surface area contributed by atoms with Crippen molar-refractivity contribution in [3.8, 4) is 0 Å². The zero-order valence-electron chi connectivity index (χ0n) is 13.5. The molecule has 0 fully saturated rings. The summed E-state index contributed by atoms with van der Waals surface area (Å²) in [4.78, 5) is -4.07. The van der Waals surface area contributed by atoms with Gasteiger partial charge in [0.25, 0.3) is 0 Å². The highest BCUT2D eigenvalue weighted by Crippen LogP contribution is 3.02. The standard InChI is InChI=1S/C14H12F10S3/c1-9-7-11(26(15,16,17,18)19)3-5-13(9)25-14-6-4-12(8-10(14)2)27(20,21,22,23)24/h3-8H,1-2H3. The van der Waals surface area contributed by atoms with Gasteiger partial charge in [-0.05, 0) is 61.4 Å². The summed E-state index contributed by atoms with van der Waals surface area (Å²) in [6, 6.07) is 2.34. The zero-order chi connectivity index (χ0) is 21.2. The van der Waals surface area contributed by atoms with E-state index in [4.69, 9.17) is 0 Å². The Balaban J connectivity index is 2.43. The van der Waals surface area contributed by atoms with E-state index >= 15 is 0 Å². The second-order valence-corrected chi connectivity index (χ2v) is 11.8. The Bertz CT molecular complexity index is 851. The van der Waals surface area contributed by atoms with Gasteiger partial charge in [-0.15, -0.1) is 0 Å². The maximum atomic E-state index is 12.8. The molecule has 0 aliphatic rings. The number of hydrogen-bond donors (Lipinski definition) is 0. The molecule has 0 bridgehead atoms. The monoisotopic (exact) mass is 466 g/mol. The molecule has 0 aliphatic heterocycles. The summed E-state index contributed by atoms with van der Waals surface area (Å²) in [6.45, 7) is 2.24. The lowest BCUT2D eigenvalue weighted by atomic mass is 10.2. The highest BCUT2D eigenvalue weighted by Gasteiger charge is 2.66. The molecule has 0 nitrogen and oxygen atoms in total. The second-order valence-electron chi connectivity index (χ2n) is 5.89. The van der Waals surface area contributed by atoms with Gasteiger partial charge in [0.1, 0.15) is 9.79 Å². The van der Waals surface area contributed by atoms with Crippen molar-refractivity contribution in [2.75, 3.05) is 0 Å². The van der Waals surface area contributed by atoms with Crippen molar-refractivity contribution >= 4 is 32.2 Å². The van der Waals surface area contributed by atoms with Crippen LogP contribution in [0.4, 0.5) is 38.9 Å². The lowest BCUT2D eigenvalue weighted by Gasteiger charge is -2.40. The van der Waals surface area contributed by atoms with Gasteiger partial charge in [-0.25, -0.2) is 0 Å². The highest BCUT2D eigenvalue weighted by molar-refractivity contribution is 8.46. The van der Waals surface area contributed by atoms with E-state index in [1.165, 1.54) is 0 Å². The van der Waals surface area contributed by atoms with E-state index in [2.05, 4.69) is 0 Å². The molecule has 27 heavy (non-hydrogen) atoms. The Morgan fingerprint density at radius 2 is 0.852 bits per heavy atom. The molecule has 0 saturated carbocycles. The fourth-order valence-corrected chi connectivity index (χ4v) is 4.47. The number of benzene rings is 2. The van der Waals surface area contributed by atoms with E-state index in [0.29, 0.717) is 11.8 Å². The molecule has 2 aromatic rings.